The molecule has 2 fully saturated rings. The van der Waals surface area contributed by atoms with Crippen molar-refractivity contribution in [2.24, 2.45) is 0 Å². The molecule has 0 amide bonds. The minimum Gasteiger partial charge on any atom is -0.494 e. The summed E-state index contributed by atoms with van der Waals surface area (Å²) in [5, 5.41) is 25.7. The first-order chi connectivity index (χ1) is 16.5. The number of rotatable bonds is 3. The van der Waals surface area contributed by atoms with Gasteiger partial charge in [0.1, 0.15) is 12.5 Å². The predicted molar refractivity (Wildman–Crippen MR) is 127 cm³/mol. The molecule has 2 aliphatic heterocycles. The molecule has 1 saturated heterocycles. The van der Waals surface area contributed by atoms with Gasteiger partial charge in [0.25, 0.3) is 0 Å². The fourth-order valence-electron chi connectivity index (χ4n) is 4.96. The number of halogens is 1. The Morgan fingerprint density at radius 3 is 2.74 bits per heavy atom. The largest absolute Gasteiger partial charge is 0.494 e. The number of aromatic nitrogens is 4. The zero-order valence-corrected chi connectivity index (χ0v) is 19.3. The van der Waals surface area contributed by atoms with Gasteiger partial charge in [-0.3, -0.25) is 10.1 Å². The Hall–Kier alpha value is -3.34. The molecule has 3 aromatic rings. The van der Waals surface area contributed by atoms with E-state index in [2.05, 4.69) is 31.9 Å². The maximum absolute atomic E-state index is 13.6. The van der Waals surface area contributed by atoms with Crippen molar-refractivity contribution in [2.75, 3.05) is 42.5 Å². The number of hydrogen-bond donors (Lipinski definition) is 4. The van der Waals surface area contributed by atoms with Crippen molar-refractivity contribution in [1.82, 2.24) is 19.4 Å². The van der Waals surface area contributed by atoms with Crippen molar-refractivity contribution in [3.8, 4) is 5.75 Å². The molecule has 2 unspecified atom stereocenters. The Morgan fingerprint density at radius 2 is 2.00 bits per heavy atom. The van der Waals surface area contributed by atoms with Gasteiger partial charge in [0, 0.05) is 30.7 Å². The first-order valence-electron chi connectivity index (χ1n) is 11.8. The Bertz CT molecular complexity index is 1220. The van der Waals surface area contributed by atoms with Crippen molar-refractivity contribution < 1.29 is 14.2 Å². The van der Waals surface area contributed by atoms with Crippen LogP contribution in [0.15, 0.2) is 24.5 Å². The van der Waals surface area contributed by atoms with Gasteiger partial charge in [0.05, 0.1) is 36.7 Å². The van der Waals surface area contributed by atoms with Crippen molar-refractivity contribution >= 4 is 22.4 Å². The van der Waals surface area contributed by atoms with Crippen LogP contribution in [0.3, 0.4) is 0 Å². The Labute approximate surface area is 196 Å². The van der Waals surface area contributed by atoms with Crippen molar-refractivity contribution in [2.45, 2.75) is 50.7 Å². The molecule has 4 N–H and O–H groups in total. The third kappa shape index (κ3) is 4.27. The molecule has 10 nitrogen and oxygen atoms in total. The lowest BCUT2D eigenvalue weighted by molar-refractivity contribution is 0.130. The lowest BCUT2D eigenvalue weighted by Crippen LogP contribution is -2.29. The maximum Gasteiger partial charge on any atom is 0.243 e. The fourth-order valence-corrected chi connectivity index (χ4v) is 4.96. The van der Waals surface area contributed by atoms with Crippen LogP contribution in [0.5, 0.6) is 5.75 Å². The molecule has 2 aromatic heterocycles. The second kappa shape index (κ2) is 9.49. The van der Waals surface area contributed by atoms with Gasteiger partial charge in [-0.05, 0) is 44.6 Å². The Balaban J connectivity index is 0.000000142. The number of benzene rings is 1. The average molecular weight is 471 g/mol. The van der Waals surface area contributed by atoms with Crippen LogP contribution in [-0.4, -0.2) is 57.5 Å². The highest BCUT2D eigenvalue weighted by Gasteiger charge is 2.27. The molecular weight excluding hydrogens is 439 g/mol. The quantitative estimate of drug-likeness (QED) is 0.465. The van der Waals surface area contributed by atoms with Gasteiger partial charge in [-0.2, -0.15) is 5.10 Å². The highest BCUT2D eigenvalue weighted by atomic mass is 19.1. The Kier molecular flexibility index (Phi) is 6.27. The van der Waals surface area contributed by atoms with Gasteiger partial charge in [-0.25, -0.2) is 14.1 Å². The zero-order valence-electron chi connectivity index (χ0n) is 19.3. The van der Waals surface area contributed by atoms with E-state index >= 15 is 0 Å². The molecule has 6 rings (SSSR count). The molecule has 182 valence electrons. The number of hydrogen-bond acceptors (Lipinski definition) is 8. The molecular formula is C23H31FN8O2. The average Bonchev–Trinajstić information content (AvgIpc) is 3.61. The van der Waals surface area contributed by atoms with Gasteiger partial charge in [-0.15, -0.1) is 0 Å². The second-order valence-electron chi connectivity index (χ2n) is 8.93. The SMILES string of the molecule is COc1cc2nc(=N)n3c(c2cc1F)NCN3.OC1CCCC1n1cc(N2CCCCC2)cn1. The lowest BCUT2D eigenvalue weighted by atomic mass is 10.1. The molecule has 0 radical (unpaired) electrons. The van der Waals surface area contributed by atoms with E-state index < -0.39 is 5.82 Å². The van der Waals surface area contributed by atoms with Gasteiger partial charge >= 0.3 is 0 Å². The third-order valence-corrected chi connectivity index (χ3v) is 6.77. The Morgan fingerprint density at radius 1 is 1.18 bits per heavy atom. The minimum absolute atomic E-state index is 0.0613. The van der Waals surface area contributed by atoms with Gasteiger partial charge in [-0.1, -0.05) is 0 Å². The molecule has 4 heterocycles. The highest BCUT2D eigenvalue weighted by Crippen LogP contribution is 2.31. The summed E-state index contributed by atoms with van der Waals surface area (Å²) in [4.78, 5) is 6.49. The number of ether oxygens (including phenoxy) is 1. The van der Waals surface area contributed by atoms with Crippen molar-refractivity contribution in [3.63, 3.8) is 0 Å². The molecule has 34 heavy (non-hydrogen) atoms. The highest BCUT2D eigenvalue weighted by molar-refractivity contribution is 5.90. The summed E-state index contributed by atoms with van der Waals surface area (Å²) in [6.45, 7) is 2.79. The summed E-state index contributed by atoms with van der Waals surface area (Å²) in [7, 11) is 1.40. The summed E-state index contributed by atoms with van der Waals surface area (Å²) < 4.78 is 22.0. The van der Waals surface area contributed by atoms with E-state index in [1.54, 1.807) is 0 Å². The van der Waals surface area contributed by atoms with Crippen LogP contribution in [0.25, 0.3) is 10.9 Å². The van der Waals surface area contributed by atoms with Gasteiger partial charge < -0.3 is 25.5 Å². The first kappa shape index (κ1) is 22.5. The summed E-state index contributed by atoms with van der Waals surface area (Å²) >= 11 is 0. The summed E-state index contributed by atoms with van der Waals surface area (Å²) in [6.07, 6.45) is 10.9. The number of nitrogens with one attached hydrogen (secondary N) is 3. The van der Waals surface area contributed by atoms with Crippen LogP contribution in [0.4, 0.5) is 15.9 Å². The molecule has 1 saturated carbocycles. The topological polar surface area (TPSA) is 116 Å². The van der Waals surface area contributed by atoms with E-state index in [4.69, 9.17) is 10.1 Å². The number of fused-ring (bicyclic) bond motifs is 3. The number of anilines is 2. The van der Waals surface area contributed by atoms with Crippen molar-refractivity contribution in [3.05, 3.63) is 36.0 Å². The second-order valence-corrected chi connectivity index (χ2v) is 8.93. The summed E-state index contributed by atoms with van der Waals surface area (Å²) in [6, 6.07) is 3.05. The molecule has 0 spiro atoms. The van der Waals surface area contributed by atoms with Crippen LogP contribution >= 0.6 is 0 Å². The third-order valence-electron chi connectivity index (χ3n) is 6.77. The van der Waals surface area contributed by atoms with E-state index in [-0.39, 0.29) is 23.5 Å². The van der Waals surface area contributed by atoms with Crippen LogP contribution in [0, 0.1) is 11.2 Å². The normalized spacial score (nSPS) is 21.4. The lowest BCUT2D eigenvalue weighted by Gasteiger charge is -2.27. The zero-order chi connectivity index (χ0) is 23.7. The van der Waals surface area contributed by atoms with E-state index in [1.807, 2.05) is 10.9 Å². The molecule has 1 aromatic carbocycles. The molecule has 1 aliphatic carbocycles. The van der Waals surface area contributed by atoms with E-state index in [0.717, 1.165) is 32.4 Å². The van der Waals surface area contributed by atoms with Crippen molar-refractivity contribution in [1.29, 1.82) is 5.41 Å². The smallest absolute Gasteiger partial charge is 0.243 e. The van der Waals surface area contributed by atoms with Gasteiger partial charge in [0.15, 0.2) is 11.6 Å². The maximum atomic E-state index is 13.6. The minimum atomic E-state index is -0.448. The predicted octanol–water partition coefficient (Wildman–Crippen LogP) is 2.55. The monoisotopic (exact) mass is 470 g/mol. The van der Waals surface area contributed by atoms with E-state index in [9.17, 15) is 9.50 Å². The molecule has 2 atom stereocenters. The van der Waals surface area contributed by atoms with Crippen LogP contribution < -0.4 is 26.0 Å². The standard InChI is InChI=1S/C13H21N3O.C10H10FN5O/c17-13-6-4-5-12(13)16-10-11(9-14-16)15-7-2-1-3-8-15;1-17-8-3-7-5(2-6(8)11)9-13-4-14-16(9)10(12)15-7/h9-10,12-13,17H,1-8H2;2-3,12-14H,4H2,1H3. The molecule has 0 bridgehead atoms. The number of aliphatic hydroxyl groups is 1. The number of nitrogens with zero attached hydrogens (tertiary/aromatic N) is 5. The fraction of sp³-hybridized carbons (Fsp3) is 0.522. The van der Waals surface area contributed by atoms with E-state index in [1.165, 1.54) is 48.9 Å². The van der Waals surface area contributed by atoms with Crippen LogP contribution in [-0.2, 0) is 0 Å². The van der Waals surface area contributed by atoms with Gasteiger partial charge in [0.2, 0.25) is 5.62 Å². The van der Waals surface area contributed by atoms with E-state index in [0.29, 0.717) is 23.4 Å². The molecule has 3 aliphatic rings. The molecule has 11 heteroatoms. The number of aliphatic hydroxyl groups excluding tert-OH is 1. The number of methoxy groups -OCH3 is 1. The first-order valence-corrected chi connectivity index (χ1v) is 11.8. The van der Waals surface area contributed by atoms with Crippen LogP contribution in [0.2, 0.25) is 0 Å². The number of piperidine rings is 1. The summed E-state index contributed by atoms with van der Waals surface area (Å²) in [5.74, 6) is 0.317. The van der Waals surface area contributed by atoms with Crippen LogP contribution in [0.1, 0.15) is 44.6 Å². The summed E-state index contributed by atoms with van der Waals surface area (Å²) in [5.41, 5.74) is 4.72.